The summed E-state index contributed by atoms with van der Waals surface area (Å²) in [6, 6.07) is 23.6. The first-order valence-electron chi connectivity index (χ1n) is 18.2. The Balaban J connectivity index is 1.51. The van der Waals surface area contributed by atoms with E-state index in [1.807, 2.05) is 56.3 Å². The molecule has 0 aliphatic heterocycles. The quantitative estimate of drug-likeness (QED) is 0.0983. The van der Waals surface area contributed by atoms with E-state index in [1.165, 1.54) is 25.2 Å². The van der Waals surface area contributed by atoms with Crippen molar-refractivity contribution < 1.29 is 27.6 Å². The van der Waals surface area contributed by atoms with E-state index in [0.717, 1.165) is 21.7 Å². The molecule has 298 valence electrons. The Hall–Kier alpha value is -5.31. The zero-order valence-electron chi connectivity index (χ0n) is 32.4. The highest BCUT2D eigenvalue weighted by molar-refractivity contribution is 7.92. The second-order valence-electron chi connectivity index (χ2n) is 14.0. The molecule has 4 amide bonds. The van der Waals surface area contributed by atoms with Crippen molar-refractivity contribution in [1.82, 2.24) is 31.6 Å². The van der Waals surface area contributed by atoms with Crippen molar-refractivity contribution in [1.29, 1.82) is 0 Å². The summed E-state index contributed by atoms with van der Waals surface area (Å²) in [4.78, 5) is 58.2. The van der Waals surface area contributed by atoms with Crippen LogP contribution in [0.25, 0.3) is 0 Å². The SMILES string of the molecule is CC(C)[C@H](NC(=O)[C@H](C)NC[C@H](Cc1ccccc1)NC(=O)c1cc(C(=O)N[C@H](C)c2cccc(Cl)c2)cc(N(C)S(C)(=O)=O)c1)C(=O)NCc1ccccn1. The number of anilines is 1. The smallest absolute Gasteiger partial charge is 0.251 e. The Bertz CT molecular complexity index is 2090. The number of nitrogens with zero attached hydrogens (tertiary/aromatic N) is 2. The van der Waals surface area contributed by atoms with E-state index in [-0.39, 0.29) is 41.7 Å². The van der Waals surface area contributed by atoms with Gasteiger partial charge in [0.25, 0.3) is 11.8 Å². The van der Waals surface area contributed by atoms with Crippen LogP contribution in [0.15, 0.2) is 97.2 Å². The first-order chi connectivity index (χ1) is 26.5. The van der Waals surface area contributed by atoms with Gasteiger partial charge in [0.05, 0.1) is 36.3 Å². The van der Waals surface area contributed by atoms with Gasteiger partial charge in [0.15, 0.2) is 0 Å². The molecule has 4 aromatic rings. The molecule has 0 saturated heterocycles. The number of aromatic nitrogens is 1. The van der Waals surface area contributed by atoms with E-state index in [2.05, 4.69) is 31.6 Å². The molecule has 0 spiro atoms. The summed E-state index contributed by atoms with van der Waals surface area (Å²) in [6.45, 7) is 7.50. The Morgan fingerprint density at radius 2 is 1.45 bits per heavy atom. The number of hydrogen-bond donors (Lipinski definition) is 5. The Kier molecular flexibility index (Phi) is 15.5. The first kappa shape index (κ1) is 43.4. The maximum atomic E-state index is 14.0. The average molecular weight is 804 g/mol. The van der Waals surface area contributed by atoms with Crippen LogP contribution in [0, 0.1) is 5.92 Å². The second-order valence-corrected chi connectivity index (χ2v) is 16.5. The van der Waals surface area contributed by atoms with Crippen LogP contribution in [-0.4, -0.2) is 75.0 Å². The molecule has 0 radical (unpaired) electrons. The van der Waals surface area contributed by atoms with Crippen LogP contribution in [0.4, 0.5) is 5.69 Å². The fourth-order valence-electron chi connectivity index (χ4n) is 5.74. The zero-order chi connectivity index (χ0) is 41.0. The molecule has 4 atom stereocenters. The lowest BCUT2D eigenvalue weighted by atomic mass is 10.0. The van der Waals surface area contributed by atoms with E-state index in [4.69, 9.17) is 11.6 Å². The van der Waals surface area contributed by atoms with Gasteiger partial charge in [-0.2, -0.15) is 0 Å². The maximum Gasteiger partial charge on any atom is 0.251 e. The van der Waals surface area contributed by atoms with E-state index >= 15 is 0 Å². The minimum absolute atomic E-state index is 0.0545. The fraction of sp³-hybridized carbons (Fsp3) is 0.341. The summed E-state index contributed by atoms with van der Waals surface area (Å²) in [5.41, 5.74) is 2.61. The van der Waals surface area contributed by atoms with Gasteiger partial charge in [-0.25, -0.2) is 8.42 Å². The standard InChI is InChI=1S/C41H50ClN7O6S/c1-26(2)37(41(53)45-24-34-17-10-11-18-43-34)48-38(50)28(4)44-25-35(19-29-13-8-7-9-14-29)47-40(52)32-20-31(22-36(23-32)49(5)56(6,54)55)39(51)46-27(3)30-15-12-16-33(42)21-30/h7-18,20-23,26-28,35,37,44H,19,24-25H2,1-6H3,(H,45,53)(H,46,51)(H,47,52)(H,48,50)/t27-,28+,35+,37+/m1/s1. The van der Waals surface area contributed by atoms with Crippen LogP contribution in [-0.2, 0) is 32.6 Å². The van der Waals surface area contributed by atoms with Crippen molar-refractivity contribution >= 4 is 50.9 Å². The van der Waals surface area contributed by atoms with Gasteiger partial charge >= 0.3 is 0 Å². The Morgan fingerprint density at radius 3 is 2.05 bits per heavy atom. The van der Waals surface area contributed by atoms with Crippen LogP contribution in [0.2, 0.25) is 5.02 Å². The number of hydrogen-bond acceptors (Lipinski definition) is 8. The number of amides is 4. The fourth-order valence-corrected chi connectivity index (χ4v) is 6.43. The number of carbonyl (C=O) groups excluding carboxylic acids is 4. The van der Waals surface area contributed by atoms with Crippen LogP contribution < -0.4 is 30.9 Å². The molecule has 4 rings (SSSR count). The third-order valence-corrected chi connectivity index (χ3v) is 10.6. The van der Waals surface area contributed by atoms with Crippen molar-refractivity contribution in [2.75, 3.05) is 24.2 Å². The van der Waals surface area contributed by atoms with Crippen LogP contribution in [0.3, 0.4) is 0 Å². The lowest BCUT2D eigenvalue weighted by Crippen LogP contribution is -2.55. The lowest BCUT2D eigenvalue weighted by molar-refractivity contribution is -0.131. The van der Waals surface area contributed by atoms with Gasteiger partial charge in [-0.3, -0.25) is 28.5 Å². The number of sulfonamides is 1. The molecule has 0 saturated carbocycles. The lowest BCUT2D eigenvalue weighted by Gasteiger charge is -2.26. The summed E-state index contributed by atoms with van der Waals surface area (Å²) < 4.78 is 26.1. The summed E-state index contributed by atoms with van der Waals surface area (Å²) in [6.07, 6.45) is 3.05. The van der Waals surface area contributed by atoms with Gasteiger partial charge < -0.3 is 26.6 Å². The van der Waals surface area contributed by atoms with E-state index in [0.29, 0.717) is 17.1 Å². The summed E-state index contributed by atoms with van der Waals surface area (Å²) in [7, 11) is -2.42. The van der Waals surface area contributed by atoms with Crippen molar-refractivity contribution in [3.05, 3.63) is 130 Å². The Labute approximate surface area is 334 Å². The summed E-state index contributed by atoms with van der Waals surface area (Å²) in [5.74, 6) is -2.03. The number of pyridine rings is 1. The van der Waals surface area contributed by atoms with Gasteiger partial charge in [-0.05, 0) is 79.8 Å². The molecule has 0 bridgehead atoms. The van der Waals surface area contributed by atoms with Crippen molar-refractivity contribution in [3.63, 3.8) is 0 Å². The monoisotopic (exact) mass is 803 g/mol. The number of rotatable bonds is 18. The molecular weight excluding hydrogens is 754 g/mol. The second kappa shape index (κ2) is 20.0. The predicted molar refractivity (Wildman–Crippen MR) is 219 cm³/mol. The summed E-state index contributed by atoms with van der Waals surface area (Å²) in [5, 5.41) is 15.3. The van der Waals surface area contributed by atoms with E-state index in [1.54, 1.807) is 50.4 Å². The number of benzene rings is 3. The van der Waals surface area contributed by atoms with Gasteiger partial charge in [-0.1, -0.05) is 74.0 Å². The highest BCUT2D eigenvalue weighted by Gasteiger charge is 2.27. The van der Waals surface area contributed by atoms with Crippen molar-refractivity contribution in [3.8, 4) is 0 Å². The van der Waals surface area contributed by atoms with Crippen molar-refractivity contribution in [2.24, 2.45) is 5.92 Å². The van der Waals surface area contributed by atoms with Crippen LogP contribution in [0.5, 0.6) is 0 Å². The normalized spacial score (nSPS) is 13.5. The third kappa shape index (κ3) is 12.9. The van der Waals surface area contributed by atoms with Crippen molar-refractivity contribution in [2.45, 2.75) is 64.8 Å². The number of carbonyl (C=O) groups is 4. The van der Waals surface area contributed by atoms with Gasteiger partial charge in [0, 0.05) is 42.0 Å². The molecule has 0 aliphatic rings. The van der Waals surface area contributed by atoms with Gasteiger partial charge in [0.2, 0.25) is 21.8 Å². The van der Waals surface area contributed by atoms with Crippen LogP contribution in [0.1, 0.15) is 71.3 Å². The largest absolute Gasteiger partial charge is 0.349 e. The molecule has 0 aliphatic carbocycles. The van der Waals surface area contributed by atoms with E-state index < -0.39 is 51.9 Å². The third-order valence-electron chi connectivity index (χ3n) is 9.14. The topological polar surface area (TPSA) is 179 Å². The van der Waals surface area contributed by atoms with E-state index in [9.17, 15) is 27.6 Å². The molecule has 3 aromatic carbocycles. The first-order valence-corrected chi connectivity index (χ1v) is 20.5. The zero-order valence-corrected chi connectivity index (χ0v) is 33.9. The molecule has 1 heterocycles. The Morgan fingerprint density at radius 1 is 0.786 bits per heavy atom. The molecule has 5 N–H and O–H groups in total. The molecule has 56 heavy (non-hydrogen) atoms. The highest BCUT2D eigenvalue weighted by Crippen LogP contribution is 2.23. The minimum Gasteiger partial charge on any atom is -0.349 e. The molecular formula is C41H50ClN7O6S. The molecule has 13 nitrogen and oxygen atoms in total. The minimum atomic E-state index is -3.76. The number of nitrogens with one attached hydrogen (secondary N) is 5. The van der Waals surface area contributed by atoms with Gasteiger partial charge in [0.1, 0.15) is 6.04 Å². The predicted octanol–water partition coefficient (Wildman–Crippen LogP) is 4.40. The highest BCUT2D eigenvalue weighted by atomic mass is 35.5. The van der Waals surface area contributed by atoms with Gasteiger partial charge in [-0.15, -0.1) is 0 Å². The molecule has 0 fully saturated rings. The summed E-state index contributed by atoms with van der Waals surface area (Å²) >= 11 is 6.15. The molecule has 0 unspecified atom stereocenters. The molecule has 1 aromatic heterocycles. The maximum absolute atomic E-state index is 14.0. The number of halogens is 1. The van der Waals surface area contributed by atoms with Crippen LogP contribution >= 0.6 is 11.6 Å². The average Bonchev–Trinajstić information content (AvgIpc) is 3.17. The molecule has 15 heteroatoms.